The largest absolute Gasteiger partial charge is 0.462 e. The Labute approximate surface area is 287 Å². The van der Waals surface area contributed by atoms with Crippen LogP contribution in [0.25, 0.3) is 6.08 Å². The van der Waals surface area contributed by atoms with Crippen LogP contribution in [-0.2, 0) is 23.9 Å². The van der Waals surface area contributed by atoms with Gasteiger partial charge >= 0.3 is 18.2 Å². The van der Waals surface area contributed by atoms with Gasteiger partial charge in [-0.3, -0.25) is 20.2 Å². The number of hydrogen-bond acceptors (Lipinski definition) is 8. The van der Waals surface area contributed by atoms with E-state index in [4.69, 9.17) is 37.4 Å². The first-order valence-corrected chi connectivity index (χ1v) is 15.9. The average molecular weight is 695 g/mol. The molecule has 0 bridgehead atoms. The molecule has 2 aliphatic rings. The molecule has 0 aromatic heterocycles. The molecule has 13 heteroatoms. The molecular formula is C35H33Cl2N3O8. The molecule has 1 aliphatic heterocycles. The van der Waals surface area contributed by atoms with Crippen molar-refractivity contribution in [2.75, 3.05) is 28.7 Å². The molecule has 0 unspecified atom stereocenters. The molecule has 11 nitrogen and oxygen atoms in total. The Bertz CT molecular complexity index is 1730. The lowest BCUT2D eigenvalue weighted by Gasteiger charge is -2.16. The topological polar surface area (TPSA) is 140 Å². The van der Waals surface area contributed by atoms with E-state index in [2.05, 4.69) is 10.6 Å². The van der Waals surface area contributed by atoms with Crippen molar-refractivity contribution in [1.82, 2.24) is 0 Å². The Morgan fingerprint density at radius 1 is 0.792 bits per heavy atom. The van der Waals surface area contributed by atoms with Gasteiger partial charge in [-0.05, 0) is 93.6 Å². The fraction of sp³-hybridized carbons (Fsp3) is 0.229. The van der Waals surface area contributed by atoms with Crippen molar-refractivity contribution >= 4 is 76.3 Å². The minimum Gasteiger partial charge on any atom is -0.462 e. The van der Waals surface area contributed by atoms with Crippen molar-refractivity contribution in [3.8, 4) is 5.75 Å². The Kier molecular flexibility index (Phi) is 12.8. The quantitative estimate of drug-likeness (QED) is 0.137. The number of amides is 4. The van der Waals surface area contributed by atoms with Crippen LogP contribution in [0, 0.1) is 0 Å². The number of hydrogen-bond donors (Lipinski definition) is 2. The molecule has 3 aromatic carbocycles. The van der Waals surface area contributed by atoms with Crippen LogP contribution in [0.15, 0.2) is 89.0 Å². The van der Waals surface area contributed by atoms with Gasteiger partial charge in [0.15, 0.2) is 0 Å². The van der Waals surface area contributed by atoms with Crippen molar-refractivity contribution in [2.45, 2.75) is 39.5 Å². The smallest absolute Gasteiger partial charge is 0.417 e. The van der Waals surface area contributed by atoms with Gasteiger partial charge in [-0.1, -0.05) is 47.5 Å². The van der Waals surface area contributed by atoms with Crippen LogP contribution < -0.4 is 20.3 Å². The molecule has 250 valence electrons. The summed E-state index contributed by atoms with van der Waals surface area (Å²) in [6.07, 6.45) is 3.28. The van der Waals surface area contributed by atoms with Crippen LogP contribution in [0.1, 0.15) is 45.1 Å². The lowest BCUT2D eigenvalue weighted by molar-refractivity contribution is -0.137. The summed E-state index contributed by atoms with van der Waals surface area (Å²) < 4.78 is 14.8. The second-order valence-electron chi connectivity index (χ2n) is 10.3. The van der Waals surface area contributed by atoms with Gasteiger partial charge in [0, 0.05) is 33.6 Å². The summed E-state index contributed by atoms with van der Waals surface area (Å²) in [6, 6.07) is 20.2. The van der Waals surface area contributed by atoms with Crippen LogP contribution in [-0.4, -0.2) is 43.2 Å². The molecule has 3 aromatic rings. The SMILES string of the molecule is CCOC(=O)/C(Cl)=C/c1cc(N2C(=O)C3=C(CCCC3)C2=O)ccc1Cl.CCOC(=O)Nc1cccc(OC(=O)Nc2ccccc2)c1. The third kappa shape index (κ3) is 9.46. The Morgan fingerprint density at radius 2 is 1.42 bits per heavy atom. The number of carbonyl (C=O) groups excluding carboxylic acids is 5. The highest BCUT2D eigenvalue weighted by molar-refractivity contribution is 6.43. The summed E-state index contributed by atoms with van der Waals surface area (Å²) in [5, 5.41) is 5.34. The van der Waals surface area contributed by atoms with Gasteiger partial charge in [-0.2, -0.15) is 0 Å². The van der Waals surface area contributed by atoms with Gasteiger partial charge in [0.2, 0.25) is 0 Å². The van der Waals surface area contributed by atoms with Crippen LogP contribution >= 0.6 is 23.2 Å². The fourth-order valence-corrected chi connectivity index (χ4v) is 5.19. The number of imide groups is 1. The maximum Gasteiger partial charge on any atom is 0.417 e. The van der Waals surface area contributed by atoms with Gasteiger partial charge in [-0.25, -0.2) is 19.3 Å². The number of nitrogens with zero attached hydrogens (tertiary/aromatic N) is 1. The number of nitrogens with one attached hydrogen (secondary N) is 2. The van der Waals surface area contributed by atoms with E-state index in [1.165, 1.54) is 17.0 Å². The van der Waals surface area contributed by atoms with Gasteiger partial charge in [0.05, 0.1) is 18.9 Å². The van der Waals surface area contributed by atoms with Gasteiger partial charge in [0.25, 0.3) is 11.8 Å². The highest BCUT2D eigenvalue weighted by atomic mass is 35.5. The lowest BCUT2D eigenvalue weighted by Crippen LogP contribution is -2.31. The van der Waals surface area contributed by atoms with Crippen molar-refractivity contribution < 1.29 is 38.2 Å². The van der Waals surface area contributed by atoms with Crippen molar-refractivity contribution in [1.29, 1.82) is 0 Å². The molecule has 1 heterocycles. The zero-order valence-electron chi connectivity index (χ0n) is 26.2. The van der Waals surface area contributed by atoms with E-state index in [1.807, 2.05) is 6.07 Å². The monoisotopic (exact) mass is 693 g/mol. The van der Waals surface area contributed by atoms with Crippen LogP contribution in [0.2, 0.25) is 5.02 Å². The third-order valence-corrected chi connectivity index (χ3v) is 7.57. The molecule has 4 amide bonds. The highest BCUT2D eigenvalue weighted by Crippen LogP contribution is 2.37. The van der Waals surface area contributed by atoms with E-state index < -0.39 is 18.2 Å². The number of carbonyl (C=O) groups is 5. The Morgan fingerprint density at radius 3 is 2.06 bits per heavy atom. The molecule has 0 atom stereocenters. The number of esters is 1. The number of para-hydroxylation sites is 1. The predicted molar refractivity (Wildman–Crippen MR) is 183 cm³/mol. The highest BCUT2D eigenvalue weighted by Gasteiger charge is 2.39. The van der Waals surface area contributed by atoms with Crippen molar-refractivity contribution in [3.05, 3.63) is 99.6 Å². The molecule has 2 N–H and O–H groups in total. The lowest BCUT2D eigenvalue weighted by atomic mass is 9.93. The molecule has 0 radical (unpaired) electrons. The number of anilines is 3. The van der Waals surface area contributed by atoms with Gasteiger partial charge in [0.1, 0.15) is 10.8 Å². The van der Waals surface area contributed by atoms with Crippen LogP contribution in [0.5, 0.6) is 5.75 Å². The summed E-state index contributed by atoms with van der Waals surface area (Å²) in [6.45, 7) is 3.87. The number of benzene rings is 3. The van der Waals surface area contributed by atoms with Crippen LogP contribution in [0.3, 0.4) is 0 Å². The predicted octanol–water partition coefficient (Wildman–Crippen LogP) is 8.09. The van der Waals surface area contributed by atoms with Gasteiger partial charge in [-0.15, -0.1) is 0 Å². The second kappa shape index (κ2) is 17.1. The summed E-state index contributed by atoms with van der Waals surface area (Å²) in [7, 11) is 0. The third-order valence-electron chi connectivity index (χ3n) is 6.97. The zero-order chi connectivity index (χ0) is 34.6. The number of ether oxygens (including phenoxy) is 3. The number of halogens is 2. The minimum atomic E-state index is -0.666. The van der Waals surface area contributed by atoms with E-state index in [9.17, 15) is 24.0 Å². The first kappa shape index (κ1) is 35.7. The Hall–Kier alpha value is -5.13. The van der Waals surface area contributed by atoms with Gasteiger partial charge < -0.3 is 14.2 Å². The van der Waals surface area contributed by atoms with Crippen molar-refractivity contribution in [2.24, 2.45) is 0 Å². The van der Waals surface area contributed by atoms with Crippen molar-refractivity contribution in [3.63, 3.8) is 0 Å². The first-order valence-electron chi connectivity index (χ1n) is 15.1. The molecule has 0 saturated carbocycles. The molecule has 1 aliphatic carbocycles. The first-order chi connectivity index (χ1) is 23.1. The fourth-order valence-electron chi connectivity index (χ4n) is 4.84. The summed E-state index contributed by atoms with van der Waals surface area (Å²) >= 11 is 12.1. The van der Waals surface area contributed by atoms with E-state index in [-0.39, 0.29) is 30.1 Å². The summed E-state index contributed by atoms with van der Waals surface area (Å²) in [5.41, 5.74) is 3.15. The van der Waals surface area contributed by atoms with E-state index in [0.29, 0.717) is 57.4 Å². The van der Waals surface area contributed by atoms with E-state index in [0.717, 1.165) is 12.8 Å². The van der Waals surface area contributed by atoms with E-state index >= 15 is 0 Å². The molecule has 0 spiro atoms. The number of rotatable bonds is 8. The molecular weight excluding hydrogens is 661 g/mol. The molecule has 5 rings (SSSR count). The standard InChI is InChI=1S/C19H17Cl2NO4.C16H16N2O4/c1-2-26-19(25)16(21)10-11-9-12(7-8-15(11)20)22-17(23)13-5-3-4-6-14(13)18(22)24;1-2-21-15(19)18-13-9-6-10-14(11-13)22-16(20)17-12-7-4-3-5-8-12/h7-10H,2-6H2,1H3;3-11H,2H2,1H3,(H,17,20)(H,18,19)/b16-10-;. The zero-order valence-corrected chi connectivity index (χ0v) is 27.7. The summed E-state index contributed by atoms with van der Waals surface area (Å²) in [5.74, 6) is -0.916. The Balaban J connectivity index is 0.000000220. The molecule has 0 fully saturated rings. The molecule has 0 saturated heterocycles. The maximum absolute atomic E-state index is 12.7. The minimum absolute atomic E-state index is 0.137. The normalized spacial score (nSPS) is 14.0. The molecule has 48 heavy (non-hydrogen) atoms. The van der Waals surface area contributed by atoms with Crippen LogP contribution in [0.4, 0.5) is 26.7 Å². The average Bonchev–Trinajstić information content (AvgIpc) is 3.32. The maximum atomic E-state index is 12.7. The summed E-state index contributed by atoms with van der Waals surface area (Å²) in [4.78, 5) is 61.3. The van der Waals surface area contributed by atoms with E-state index in [1.54, 1.807) is 74.5 Å². The second-order valence-corrected chi connectivity index (χ2v) is 11.1.